The number of fused-ring (bicyclic) bond motifs is 1. The van der Waals surface area contributed by atoms with Crippen molar-refractivity contribution in [1.82, 2.24) is 4.98 Å². The fraction of sp³-hybridized carbons (Fsp3) is 0.167. The third kappa shape index (κ3) is 1.78. The fourth-order valence-electron chi connectivity index (χ4n) is 1.78. The molecule has 0 spiro atoms. The van der Waals surface area contributed by atoms with Gasteiger partial charge in [0.2, 0.25) is 0 Å². The minimum atomic E-state index is -1.39. The van der Waals surface area contributed by atoms with E-state index in [1.807, 2.05) is 18.2 Å². The summed E-state index contributed by atoms with van der Waals surface area (Å²) in [5.41, 5.74) is 7.84. The highest BCUT2D eigenvalue weighted by atomic mass is 31.2. The lowest BCUT2D eigenvalue weighted by Crippen LogP contribution is -2.12. The molecular formula is C12H15N2P. The summed E-state index contributed by atoms with van der Waals surface area (Å²) in [6, 6.07) is 7.96. The topological polar surface area (TPSA) is 38.9 Å². The van der Waals surface area contributed by atoms with Gasteiger partial charge in [0.1, 0.15) is 0 Å². The fourth-order valence-corrected chi connectivity index (χ4v) is 3.32. The van der Waals surface area contributed by atoms with E-state index in [-0.39, 0.29) is 0 Å². The maximum Gasteiger partial charge on any atom is 0.0798 e. The Bertz CT molecular complexity index is 555. The molecule has 0 aliphatic carbocycles. The molecule has 0 aliphatic rings. The number of nitrogen functional groups attached to an aromatic ring is 1. The van der Waals surface area contributed by atoms with Crippen LogP contribution in [-0.2, 0) is 0 Å². The number of aromatic nitrogens is 1. The van der Waals surface area contributed by atoms with Crippen LogP contribution in [0.15, 0.2) is 30.5 Å². The number of nitrogens with two attached hydrogens (primary N) is 1. The Kier molecular flexibility index (Phi) is 2.32. The zero-order chi connectivity index (χ0) is 11.1. The normalized spacial score (nSPS) is 11.9. The average molecular weight is 218 g/mol. The number of hydrogen-bond donors (Lipinski definition) is 1. The molecule has 1 aromatic heterocycles. The summed E-state index contributed by atoms with van der Waals surface area (Å²) in [6.07, 6.45) is 6.05. The smallest absolute Gasteiger partial charge is 0.0798 e. The summed E-state index contributed by atoms with van der Waals surface area (Å²) in [4.78, 5) is 4.42. The molecule has 0 saturated heterocycles. The van der Waals surface area contributed by atoms with Crippen LogP contribution in [0.2, 0.25) is 0 Å². The van der Waals surface area contributed by atoms with Crippen molar-refractivity contribution in [2.24, 2.45) is 0 Å². The van der Waals surface area contributed by atoms with E-state index in [2.05, 4.69) is 30.7 Å². The van der Waals surface area contributed by atoms with E-state index in [1.54, 1.807) is 6.20 Å². The molecule has 0 radical (unpaired) electrons. The molecular weight excluding hydrogens is 203 g/mol. The Hall–Kier alpha value is -1.27. The van der Waals surface area contributed by atoms with E-state index in [4.69, 9.17) is 5.73 Å². The van der Waals surface area contributed by atoms with Gasteiger partial charge in [0.15, 0.2) is 0 Å². The number of nitrogens with zero attached hydrogens (tertiary/aromatic N) is 1. The quantitative estimate of drug-likeness (QED) is 0.588. The highest BCUT2D eigenvalue weighted by molar-refractivity contribution is 7.80. The molecule has 0 aliphatic heterocycles. The van der Waals surface area contributed by atoms with Crippen LogP contribution in [0, 0.1) is 0 Å². The van der Waals surface area contributed by atoms with Crippen molar-refractivity contribution in [3.8, 4) is 0 Å². The lowest BCUT2D eigenvalue weighted by atomic mass is 10.2. The molecule has 0 atom stereocenters. The second-order valence-corrected chi connectivity index (χ2v) is 8.08. The predicted octanol–water partition coefficient (Wildman–Crippen LogP) is 2.15. The third-order valence-corrected chi connectivity index (χ3v) is 4.07. The largest absolute Gasteiger partial charge is 0.398 e. The Morgan fingerprint density at radius 1 is 1.27 bits per heavy atom. The van der Waals surface area contributed by atoms with E-state index < -0.39 is 6.89 Å². The summed E-state index contributed by atoms with van der Waals surface area (Å²) < 4.78 is 0. The van der Waals surface area contributed by atoms with E-state index >= 15 is 0 Å². The number of pyridine rings is 1. The number of benzene rings is 1. The zero-order valence-corrected chi connectivity index (χ0v) is 9.96. The Morgan fingerprint density at radius 3 is 2.67 bits per heavy atom. The van der Waals surface area contributed by atoms with Gasteiger partial charge in [0.05, 0.1) is 5.52 Å². The van der Waals surface area contributed by atoms with Crippen molar-refractivity contribution in [3.63, 3.8) is 0 Å². The predicted molar refractivity (Wildman–Crippen MR) is 71.7 cm³/mol. The molecule has 2 aromatic rings. The van der Waals surface area contributed by atoms with Crippen LogP contribution in [0.5, 0.6) is 0 Å². The van der Waals surface area contributed by atoms with Crippen LogP contribution >= 0.6 is 6.89 Å². The molecule has 3 heteroatoms. The molecule has 1 aromatic carbocycles. The van der Waals surface area contributed by atoms with Crippen molar-refractivity contribution in [3.05, 3.63) is 30.5 Å². The van der Waals surface area contributed by atoms with Gasteiger partial charge in [-0.25, -0.2) is 0 Å². The van der Waals surface area contributed by atoms with Gasteiger partial charge in [-0.2, -0.15) is 0 Å². The minimum Gasteiger partial charge on any atom is -0.398 e. The molecule has 0 unspecified atom stereocenters. The van der Waals surface area contributed by atoms with Gasteiger partial charge in [-0.15, -0.1) is 0 Å². The lowest BCUT2D eigenvalue weighted by Gasteiger charge is -2.17. The molecule has 0 amide bonds. The van der Waals surface area contributed by atoms with Gasteiger partial charge >= 0.3 is 0 Å². The van der Waals surface area contributed by atoms with Crippen LogP contribution in [0.3, 0.4) is 0 Å². The van der Waals surface area contributed by atoms with Crippen molar-refractivity contribution in [2.45, 2.75) is 0 Å². The van der Waals surface area contributed by atoms with Crippen LogP contribution < -0.4 is 11.0 Å². The van der Waals surface area contributed by atoms with E-state index in [0.717, 1.165) is 21.9 Å². The monoisotopic (exact) mass is 218 g/mol. The van der Waals surface area contributed by atoms with Gasteiger partial charge in [-0.3, -0.25) is 4.98 Å². The van der Waals surface area contributed by atoms with E-state index in [1.165, 1.54) is 0 Å². The first-order chi connectivity index (χ1) is 7.00. The Balaban J connectivity index is 2.92. The minimum absolute atomic E-state index is 0.814. The first kappa shape index (κ1) is 10.3. The first-order valence-corrected chi connectivity index (χ1v) is 7.69. The van der Waals surface area contributed by atoms with Gasteiger partial charge in [-0.05, 0) is 25.5 Å². The molecule has 1 heterocycles. The molecule has 2 nitrogen and oxygen atoms in total. The van der Waals surface area contributed by atoms with E-state index in [0.29, 0.717) is 0 Å². The van der Waals surface area contributed by atoms with Crippen LogP contribution in [-0.4, -0.2) is 24.6 Å². The molecule has 0 bridgehead atoms. The Morgan fingerprint density at radius 2 is 2.00 bits per heavy atom. The van der Waals surface area contributed by atoms with Crippen LogP contribution in [0.1, 0.15) is 0 Å². The van der Waals surface area contributed by atoms with Gasteiger partial charge in [0.25, 0.3) is 0 Å². The Labute approximate surface area is 90.1 Å². The summed E-state index contributed by atoms with van der Waals surface area (Å²) >= 11 is 0. The maximum absolute atomic E-state index is 6.02. The highest BCUT2D eigenvalue weighted by Crippen LogP contribution is 2.38. The summed E-state index contributed by atoms with van der Waals surface area (Å²) in [5.74, 6) is 0. The van der Waals surface area contributed by atoms with E-state index in [9.17, 15) is 0 Å². The van der Waals surface area contributed by atoms with Crippen molar-refractivity contribution >= 4 is 35.1 Å². The number of rotatable bonds is 1. The van der Waals surface area contributed by atoms with Crippen LogP contribution in [0.25, 0.3) is 10.9 Å². The third-order valence-electron chi connectivity index (χ3n) is 2.38. The highest BCUT2D eigenvalue weighted by Gasteiger charge is 2.13. The number of hydrogen-bond acceptors (Lipinski definition) is 2. The summed E-state index contributed by atoms with van der Waals surface area (Å²) in [5, 5.41) is 2.28. The van der Waals surface area contributed by atoms with Gasteiger partial charge in [-0.1, -0.05) is 25.3 Å². The molecule has 0 saturated carbocycles. The number of anilines is 1. The summed E-state index contributed by atoms with van der Waals surface area (Å²) in [7, 11) is 0. The molecule has 2 N–H and O–H groups in total. The molecule has 15 heavy (non-hydrogen) atoms. The average Bonchev–Trinajstić information content (AvgIpc) is 2.15. The SMILES string of the molecule is C=P(C)(C)c1c(N)ccc2cccnc12. The standard InChI is InChI=1S/C12H15N2P/c1-15(2,3)12-10(13)7-6-9-5-4-8-14-11(9)12/h4-8H,1,13H2,2-3H3. The lowest BCUT2D eigenvalue weighted by molar-refractivity contribution is 1.42. The first-order valence-electron chi connectivity index (χ1n) is 4.82. The van der Waals surface area contributed by atoms with Gasteiger partial charge < -0.3 is 5.73 Å². The molecule has 0 fully saturated rings. The second-order valence-electron chi connectivity index (χ2n) is 4.26. The van der Waals surface area contributed by atoms with Gasteiger partial charge in [0, 0.05) is 22.6 Å². The van der Waals surface area contributed by atoms with Crippen molar-refractivity contribution < 1.29 is 0 Å². The summed E-state index contributed by atoms with van der Waals surface area (Å²) in [6.45, 7) is 2.93. The van der Waals surface area contributed by atoms with Crippen molar-refractivity contribution in [1.29, 1.82) is 0 Å². The zero-order valence-electron chi connectivity index (χ0n) is 9.07. The molecule has 78 valence electrons. The van der Waals surface area contributed by atoms with Crippen molar-refractivity contribution in [2.75, 3.05) is 19.1 Å². The molecule has 2 rings (SSSR count). The second kappa shape index (κ2) is 3.39. The maximum atomic E-state index is 6.02. The van der Waals surface area contributed by atoms with Crippen LogP contribution in [0.4, 0.5) is 5.69 Å².